The molecule has 0 saturated carbocycles. The van der Waals surface area contributed by atoms with E-state index in [1.54, 1.807) is 19.9 Å². The van der Waals surface area contributed by atoms with Crippen molar-refractivity contribution in [3.05, 3.63) is 28.8 Å². The molecule has 106 valence electrons. The second kappa shape index (κ2) is 6.51. The van der Waals surface area contributed by atoms with Crippen LogP contribution in [0.4, 0.5) is 5.69 Å². The Morgan fingerprint density at radius 2 is 2.00 bits per heavy atom. The first-order valence-electron chi connectivity index (χ1n) is 5.69. The summed E-state index contributed by atoms with van der Waals surface area (Å²) in [5.41, 5.74) is 6.37. The normalized spacial score (nSPS) is 11.6. The summed E-state index contributed by atoms with van der Waals surface area (Å²) in [7, 11) is -3.60. The smallest absolute Gasteiger partial charge is 0.301 e. The highest BCUT2D eigenvalue weighted by molar-refractivity contribution is 7.90. The Bertz CT molecular complexity index is 571. The van der Waals surface area contributed by atoms with E-state index in [0.717, 1.165) is 0 Å². The summed E-state index contributed by atoms with van der Waals surface area (Å²) in [6.45, 7) is 4.30. The number of hydrogen-bond acceptors (Lipinski definition) is 3. The van der Waals surface area contributed by atoms with Gasteiger partial charge in [-0.1, -0.05) is 37.7 Å². The van der Waals surface area contributed by atoms with Crippen molar-refractivity contribution in [2.24, 2.45) is 5.73 Å². The maximum Gasteiger partial charge on any atom is 0.301 e. The summed E-state index contributed by atoms with van der Waals surface area (Å²) in [5, 5.41) is 0.251. The number of nitrogens with one attached hydrogen (secondary N) is 1. The summed E-state index contributed by atoms with van der Waals surface area (Å²) in [6.07, 6.45) is 0. The number of nitrogens with two attached hydrogens (primary N) is 1. The predicted octanol–water partition coefficient (Wildman–Crippen LogP) is 1.97. The average Bonchev–Trinajstić information content (AvgIpc) is 2.32. The molecule has 0 aliphatic heterocycles. The summed E-state index contributed by atoms with van der Waals surface area (Å²) in [6, 6.07) is 4.69. The van der Waals surface area contributed by atoms with Crippen LogP contribution in [0.3, 0.4) is 0 Å². The maximum absolute atomic E-state index is 12.0. The fraction of sp³-hybridized carbons (Fsp3) is 0.364. The zero-order valence-corrected chi connectivity index (χ0v) is 13.1. The van der Waals surface area contributed by atoms with Crippen molar-refractivity contribution in [3.63, 3.8) is 0 Å². The second-order valence-corrected chi connectivity index (χ2v) is 6.27. The van der Waals surface area contributed by atoms with Gasteiger partial charge in [-0.25, -0.2) is 0 Å². The third-order valence-electron chi connectivity index (χ3n) is 2.54. The van der Waals surface area contributed by atoms with E-state index >= 15 is 0 Å². The first-order valence-corrected chi connectivity index (χ1v) is 7.91. The molecule has 0 spiro atoms. The van der Waals surface area contributed by atoms with Crippen molar-refractivity contribution < 1.29 is 8.42 Å². The Labute approximate surface area is 123 Å². The average molecular weight is 322 g/mol. The molecule has 0 fully saturated rings. The molecule has 1 aromatic carbocycles. The minimum absolute atomic E-state index is 0.208. The molecular formula is C11H16ClN3O2S2. The molecule has 0 aromatic heterocycles. The molecule has 3 N–H and O–H groups in total. The fourth-order valence-corrected chi connectivity index (χ4v) is 3.19. The van der Waals surface area contributed by atoms with Crippen LogP contribution in [0.1, 0.15) is 19.4 Å². The summed E-state index contributed by atoms with van der Waals surface area (Å²) in [4.78, 5) is 0.208. The molecule has 0 aliphatic carbocycles. The molecule has 0 saturated heterocycles. The van der Waals surface area contributed by atoms with Crippen molar-refractivity contribution >= 4 is 44.7 Å². The Balaban J connectivity index is 3.04. The minimum Gasteiger partial charge on any atom is -0.389 e. The van der Waals surface area contributed by atoms with Gasteiger partial charge in [0.2, 0.25) is 0 Å². The van der Waals surface area contributed by atoms with Crippen LogP contribution in [0.15, 0.2) is 18.2 Å². The van der Waals surface area contributed by atoms with E-state index in [0.29, 0.717) is 24.3 Å². The Morgan fingerprint density at radius 3 is 2.42 bits per heavy atom. The zero-order chi connectivity index (χ0) is 14.6. The third kappa shape index (κ3) is 4.04. The maximum atomic E-state index is 12.0. The van der Waals surface area contributed by atoms with Gasteiger partial charge in [-0.15, -0.1) is 0 Å². The number of rotatable bonds is 6. The number of hydrogen-bond donors (Lipinski definition) is 2. The van der Waals surface area contributed by atoms with E-state index in [2.05, 4.69) is 4.72 Å². The number of benzene rings is 1. The lowest BCUT2D eigenvalue weighted by molar-refractivity contribution is 0.449. The Morgan fingerprint density at radius 1 is 1.42 bits per heavy atom. The summed E-state index contributed by atoms with van der Waals surface area (Å²) in [5.74, 6) is 0. The van der Waals surface area contributed by atoms with Crippen molar-refractivity contribution in [1.29, 1.82) is 0 Å². The van der Waals surface area contributed by atoms with Gasteiger partial charge in [-0.2, -0.15) is 12.7 Å². The van der Waals surface area contributed by atoms with Gasteiger partial charge in [0.15, 0.2) is 0 Å². The predicted molar refractivity (Wildman–Crippen MR) is 82.8 cm³/mol. The van der Waals surface area contributed by atoms with Crippen molar-refractivity contribution in [2.45, 2.75) is 13.8 Å². The van der Waals surface area contributed by atoms with Gasteiger partial charge in [0.05, 0.1) is 10.7 Å². The largest absolute Gasteiger partial charge is 0.389 e. The summed E-state index contributed by atoms with van der Waals surface area (Å²) >= 11 is 10.8. The van der Waals surface area contributed by atoms with Crippen molar-refractivity contribution in [1.82, 2.24) is 4.31 Å². The lowest BCUT2D eigenvalue weighted by Gasteiger charge is -2.20. The van der Waals surface area contributed by atoms with Crippen LogP contribution >= 0.6 is 23.8 Å². The van der Waals surface area contributed by atoms with Gasteiger partial charge < -0.3 is 5.73 Å². The SMILES string of the molecule is CCN(CC)S(=O)(=O)Nc1ccc(C(N)=S)cc1Cl. The standard InChI is InChI=1S/C11H16ClN3O2S2/c1-3-15(4-2)19(16,17)14-10-6-5-8(11(13)18)7-9(10)12/h5-7,14H,3-4H2,1-2H3,(H2,13,18). The topological polar surface area (TPSA) is 75.4 Å². The van der Waals surface area contributed by atoms with Crippen LogP contribution in [-0.2, 0) is 10.2 Å². The lowest BCUT2D eigenvalue weighted by atomic mass is 10.2. The molecule has 8 heteroatoms. The number of nitrogens with zero attached hydrogens (tertiary/aromatic N) is 1. The van der Waals surface area contributed by atoms with Gasteiger partial charge in [-0.05, 0) is 18.2 Å². The quantitative estimate of drug-likeness (QED) is 0.785. The molecule has 1 rings (SSSR count). The highest BCUT2D eigenvalue weighted by Gasteiger charge is 2.19. The first-order chi connectivity index (χ1) is 8.81. The summed E-state index contributed by atoms with van der Waals surface area (Å²) < 4.78 is 27.8. The molecule has 0 bridgehead atoms. The number of halogens is 1. The van der Waals surface area contributed by atoms with E-state index in [4.69, 9.17) is 29.6 Å². The first kappa shape index (κ1) is 16.2. The Kier molecular flexibility index (Phi) is 5.54. The van der Waals surface area contributed by atoms with E-state index in [1.165, 1.54) is 16.4 Å². The van der Waals surface area contributed by atoms with Crippen molar-refractivity contribution in [2.75, 3.05) is 17.8 Å². The highest BCUT2D eigenvalue weighted by atomic mass is 35.5. The zero-order valence-electron chi connectivity index (χ0n) is 10.7. The molecule has 0 amide bonds. The van der Waals surface area contributed by atoms with Crippen LogP contribution in [0, 0.1) is 0 Å². The van der Waals surface area contributed by atoms with E-state index < -0.39 is 10.2 Å². The van der Waals surface area contributed by atoms with Gasteiger partial charge in [0.25, 0.3) is 0 Å². The van der Waals surface area contributed by atoms with Crippen LogP contribution in [-0.4, -0.2) is 30.8 Å². The van der Waals surface area contributed by atoms with Gasteiger partial charge in [0, 0.05) is 18.7 Å². The van der Waals surface area contributed by atoms with Crippen LogP contribution < -0.4 is 10.5 Å². The molecule has 19 heavy (non-hydrogen) atoms. The van der Waals surface area contributed by atoms with E-state index in [9.17, 15) is 8.42 Å². The van der Waals surface area contributed by atoms with Gasteiger partial charge in [0.1, 0.15) is 4.99 Å². The monoisotopic (exact) mass is 321 g/mol. The van der Waals surface area contributed by atoms with Crippen LogP contribution in [0.25, 0.3) is 0 Å². The molecule has 0 radical (unpaired) electrons. The van der Waals surface area contributed by atoms with Gasteiger partial charge >= 0.3 is 10.2 Å². The van der Waals surface area contributed by atoms with Crippen molar-refractivity contribution in [3.8, 4) is 0 Å². The Hall–Kier alpha value is -0.890. The van der Waals surface area contributed by atoms with Gasteiger partial charge in [-0.3, -0.25) is 4.72 Å². The third-order valence-corrected chi connectivity index (χ3v) is 4.76. The molecule has 0 atom stereocenters. The molecule has 0 unspecified atom stereocenters. The van der Waals surface area contributed by atoms with Crippen LogP contribution in [0.5, 0.6) is 0 Å². The lowest BCUT2D eigenvalue weighted by Crippen LogP contribution is -2.35. The molecule has 5 nitrogen and oxygen atoms in total. The second-order valence-electron chi connectivity index (χ2n) is 3.75. The fourth-order valence-electron chi connectivity index (χ4n) is 1.52. The molecule has 0 aliphatic rings. The number of anilines is 1. The minimum atomic E-state index is -3.60. The van der Waals surface area contributed by atoms with E-state index in [-0.39, 0.29) is 10.0 Å². The molecule has 1 aromatic rings. The van der Waals surface area contributed by atoms with E-state index in [1.807, 2.05) is 0 Å². The molecular weight excluding hydrogens is 306 g/mol. The van der Waals surface area contributed by atoms with Crippen LogP contribution in [0.2, 0.25) is 5.02 Å². The molecule has 0 heterocycles. The highest BCUT2D eigenvalue weighted by Crippen LogP contribution is 2.24. The number of thiocarbonyl (C=S) groups is 1.